The molecule has 0 amide bonds. The molecule has 110 valence electrons. The molecule has 0 aliphatic heterocycles. The zero-order chi connectivity index (χ0) is 15.2. The summed E-state index contributed by atoms with van der Waals surface area (Å²) in [6, 6.07) is 8.97. The maximum absolute atomic E-state index is 10.6. The summed E-state index contributed by atoms with van der Waals surface area (Å²) in [5.74, 6) is 0.394. The first-order chi connectivity index (χ1) is 10.1. The van der Waals surface area contributed by atoms with Crippen LogP contribution in [0.5, 0.6) is 5.75 Å². The van der Waals surface area contributed by atoms with E-state index >= 15 is 0 Å². The minimum Gasteiger partial charge on any atom is -0.466 e. The number of methoxy groups -OCH3 is 1. The van der Waals surface area contributed by atoms with Crippen molar-refractivity contribution in [3.63, 3.8) is 0 Å². The molecular weight excluding hydrogens is 276 g/mol. The third kappa shape index (κ3) is 3.53. The van der Waals surface area contributed by atoms with Gasteiger partial charge in [-0.1, -0.05) is 0 Å². The van der Waals surface area contributed by atoms with Gasteiger partial charge in [0.1, 0.15) is 17.5 Å². The summed E-state index contributed by atoms with van der Waals surface area (Å²) in [6.45, 7) is 0.0334. The SMILES string of the molecule is COCOc1cccnc1C(O)c1ccc([N+](=O)[O-])cc1. The summed E-state index contributed by atoms with van der Waals surface area (Å²) in [4.78, 5) is 14.2. The van der Waals surface area contributed by atoms with Crippen molar-refractivity contribution >= 4 is 5.69 Å². The summed E-state index contributed by atoms with van der Waals surface area (Å²) < 4.78 is 10.2. The summed E-state index contributed by atoms with van der Waals surface area (Å²) in [7, 11) is 1.49. The second kappa shape index (κ2) is 6.78. The number of rotatable bonds is 6. The van der Waals surface area contributed by atoms with Gasteiger partial charge >= 0.3 is 0 Å². The topological polar surface area (TPSA) is 94.7 Å². The van der Waals surface area contributed by atoms with Crippen molar-refractivity contribution in [1.29, 1.82) is 0 Å². The Balaban J connectivity index is 2.26. The third-order valence-electron chi connectivity index (χ3n) is 2.81. The van der Waals surface area contributed by atoms with E-state index in [4.69, 9.17) is 9.47 Å². The number of hydrogen-bond acceptors (Lipinski definition) is 6. The predicted octanol–water partition coefficient (Wildman–Crippen LogP) is 2.05. The molecule has 1 atom stereocenters. The van der Waals surface area contributed by atoms with E-state index in [1.54, 1.807) is 12.1 Å². The Morgan fingerprint density at radius 1 is 1.33 bits per heavy atom. The Morgan fingerprint density at radius 2 is 2.05 bits per heavy atom. The van der Waals surface area contributed by atoms with Gasteiger partial charge < -0.3 is 14.6 Å². The molecule has 1 aromatic carbocycles. The van der Waals surface area contributed by atoms with Crippen molar-refractivity contribution < 1.29 is 19.5 Å². The molecule has 1 aromatic heterocycles. The zero-order valence-electron chi connectivity index (χ0n) is 11.3. The van der Waals surface area contributed by atoms with Crippen molar-refractivity contribution in [1.82, 2.24) is 4.98 Å². The molecule has 7 heteroatoms. The maximum Gasteiger partial charge on any atom is 0.269 e. The lowest BCUT2D eigenvalue weighted by molar-refractivity contribution is -0.384. The maximum atomic E-state index is 10.6. The smallest absolute Gasteiger partial charge is 0.269 e. The number of non-ortho nitro benzene ring substituents is 1. The predicted molar refractivity (Wildman–Crippen MR) is 73.9 cm³/mol. The minimum atomic E-state index is -1.04. The summed E-state index contributed by atoms with van der Waals surface area (Å²) >= 11 is 0. The average molecular weight is 290 g/mol. The van der Waals surface area contributed by atoms with Gasteiger partial charge in [-0.05, 0) is 29.8 Å². The number of nitrogens with zero attached hydrogens (tertiary/aromatic N) is 2. The molecule has 0 aliphatic rings. The molecule has 0 spiro atoms. The molecule has 1 heterocycles. The van der Waals surface area contributed by atoms with Crippen LogP contribution in [0.4, 0.5) is 5.69 Å². The Kier molecular flexibility index (Phi) is 4.81. The second-order valence-corrected chi connectivity index (χ2v) is 4.19. The third-order valence-corrected chi connectivity index (χ3v) is 2.81. The van der Waals surface area contributed by atoms with Crippen LogP contribution in [0.1, 0.15) is 17.4 Å². The monoisotopic (exact) mass is 290 g/mol. The highest BCUT2D eigenvalue weighted by molar-refractivity contribution is 5.39. The number of nitro benzene ring substituents is 1. The Labute approximate surface area is 120 Å². The first-order valence-corrected chi connectivity index (χ1v) is 6.12. The van der Waals surface area contributed by atoms with Gasteiger partial charge in [-0.25, -0.2) is 0 Å². The van der Waals surface area contributed by atoms with Crippen LogP contribution in [0.2, 0.25) is 0 Å². The molecule has 7 nitrogen and oxygen atoms in total. The van der Waals surface area contributed by atoms with Crippen LogP contribution in [0.15, 0.2) is 42.6 Å². The van der Waals surface area contributed by atoms with Crippen molar-refractivity contribution in [3.8, 4) is 5.75 Å². The Morgan fingerprint density at radius 3 is 2.67 bits per heavy atom. The minimum absolute atomic E-state index is 0.0334. The lowest BCUT2D eigenvalue weighted by atomic mass is 10.1. The molecule has 0 saturated carbocycles. The molecule has 0 saturated heterocycles. The van der Waals surface area contributed by atoms with Crippen LogP contribution in [-0.4, -0.2) is 28.9 Å². The van der Waals surface area contributed by atoms with Crippen LogP contribution in [0.3, 0.4) is 0 Å². The number of pyridine rings is 1. The van der Waals surface area contributed by atoms with Gasteiger partial charge in [-0.3, -0.25) is 15.1 Å². The molecule has 0 bridgehead atoms. The first kappa shape index (κ1) is 14.9. The van der Waals surface area contributed by atoms with Gasteiger partial charge in [0.2, 0.25) is 0 Å². The zero-order valence-corrected chi connectivity index (χ0v) is 11.3. The molecule has 0 radical (unpaired) electrons. The van der Waals surface area contributed by atoms with E-state index in [0.717, 1.165) is 0 Å². The highest BCUT2D eigenvalue weighted by atomic mass is 16.7. The molecule has 2 aromatic rings. The van der Waals surface area contributed by atoms with E-state index in [1.807, 2.05) is 0 Å². The van der Waals surface area contributed by atoms with E-state index < -0.39 is 11.0 Å². The lowest BCUT2D eigenvalue weighted by Gasteiger charge is -2.14. The molecular formula is C14H14N2O5. The van der Waals surface area contributed by atoms with Crippen LogP contribution in [-0.2, 0) is 4.74 Å². The van der Waals surface area contributed by atoms with Crippen molar-refractivity contribution in [3.05, 3.63) is 64.0 Å². The average Bonchev–Trinajstić information content (AvgIpc) is 2.52. The fourth-order valence-corrected chi connectivity index (χ4v) is 1.79. The Bertz CT molecular complexity index is 615. The van der Waals surface area contributed by atoms with Crippen LogP contribution < -0.4 is 4.74 Å². The lowest BCUT2D eigenvalue weighted by Crippen LogP contribution is -2.08. The van der Waals surface area contributed by atoms with E-state index in [-0.39, 0.29) is 12.5 Å². The standard InChI is InChI=1S/C14H14N2O5/c1-20-9-21-12-3-2-8-15-13(12)14(17)10-4-6-11(7-5-10)16(18)19/h2-8,14,17H,9H2,1H3. The van der Waals surface area contributed by atoms with Gasteiger partial charge in [-0.2, -0.15) is 0 Å². The summed E-state index contributed by atoms with van der Waals surface area (Å²) in [5, 5.41) is 21.0. The normalized spacial score (nSPS) is 11.9. The molecule has 1 N–H and O–H groups in total. The van der Waals surface area contributed by atoms with Gasteiger partial charge in [0.25, 0.3) is 5.69 Å². The van der Waals surface area contributed by atoms with Crippen LogP contribution in [0, 0.1) is 10.1 Å². The number of nitro groups is 1. The molecule has 0 aliphatic carbocycles. The van der Waals surface area contributed by atoms with Crippen LogP contribution in [0.25, 0.3) is 0 Å². The van der Waals surface area contributed by atoms with Gasteiger partial charge in [-0.15, -0.1) is 0 Å². The molecule has 21 heavy (non-hydrogen) atoms. The molecule has 0 fully saturated rings. The van der Waals surface area contributed by atoms with Gasteiger partial charge in [0, 0.05) is 25.4 Å². The first-order valence-electron chi connectivity index (χ1n) is 6.12. The Hall–Kier alpha value is -2.51. The molecule has 1 unspecified atom stereocenters. The number of aliphatic hydroxyl groups is 1. The number of ether oxygens (including phenoxy) is 2. The van der Waals surface area contributed by atoms with Gasteiger partial charge in [0.15, 0.2) is 6.79 Å². The number of aliphatic hydroxyl groups excluding tert-OH is 1. The summed E-state index contributed by atoms with van der Waals surface area (Å²) in [6.07, 6.45) is 0.489. The van der Waals surface area contributed by atoms with Crippen molar-refractivity contribution in [2.45, 2.75) is 6.10 Å². The highest BCUT2D eigenvalue weighted by Crippen LogP contribution is 2.28. The quantitative estimate of drug-likeness (QED) is 0.497. The summed E-state index contributed by atoms with van der Waals surface area (Å²) in [5.41, 5.74) is 0.771. The van der Waals surface area contributed by atoms with Gasteiger partial charge in [0.05, 0.1) is 4.92 Å². The second-order valence-electron chi connectivity index (χ2n) is 4.19. The van der Waals surface area contributed by atoms with Crippen molar-refractivity contribution in [2.75, 3.05) is 13.9 Å². The molecule has 2 rings (SSSR count). The fraction of sp³-hybridized carbons (Fsp3) is 0.214. The number of benzene rings is 1. The number of aromatic nitrogens is 1. The van der Waals surface area contributed by atoms with Crippen LogP contribution >= 0.6 is 0 Å². The van der Waals surface area contributed by atoms with Crippen molar-refractivity contribution in [2.24, 2.45) is 0 Å². The van der Waals surface area contributed by atoms with E-state index in [1.165, 1.54) is 37.6 Å². The van der Waals surface area contributed by atoms with E-state index in [0.29, 0.717) is 17.0 Å². The van der Waals surface area contributed by atoms with E-state index in [9.17, 15) is 15.2 Å². The fourth-order valence-electron chi connectivity index (χ4n) is 1.79. The number of hydrogen-bond donors (Lipinski definition) is 1. The highest BCUT2D eigenvalue weighted by Gasteiger charge is 2.18. The largest absolute Gasteiger partial charge is 0.466 e. The van der Waals surface area contributed by atoms with E-state index in [2.05, 4.69) is 4.98 Å².